The van der Waals surface area contributed by atoms with Crippen LogP contribution in [0.15, 0.2) is 33.3 Å². The minimum absolute atomic E-state index is 0.0321. The lowest BCUT2D eigenvalue weighted by atomic mass is 9.93. The van der Waals surface area contributed by atoms with Gasteiger partial charge in [-0.25, -0.2) is 0 Å². The van der Waals surface area contributed by atoms with Crippen LogP contribution in [-0.4, -0.2) is 64.6 Å². The molecule has 1 atom stereocenters. The number of hydrogen-bond acceptors (Lipinski definition) is 7. The van der Waals surface area contributed by atoms with Gasteiger partial charge < -0.3 is 14.2 Å². The molecule has 3 heterocycles. The first-order valence-corrected chi connectivity index (χ1v) is 12.1. The zero-order valence-electron chi connectivity index (χ0n) is 18.3. The maximum absolute atomic E-state index is 13.1. The molecule has 32 heavy (non-hydrogen) atoms. The van der Waals surface area contributed by atoms with Gasteiger partial charge in [-0.3, -0.25) is 14.5 Å². The molecule has 2 aliphatic heterocycles. The second-order valence-electron chi connectivity index (χ2n) is 8.45. The molecular weight excluding hydrogens is 476 g/mol. The average Bonchev–Trinajstić information content (AvgIpc) is 3.27. The van der Waals surface area contributed by atoms with Crippen LogP contribution in [-0.2, 0) is 20.9 Å². The van der Waals surface area contributed by atoms with Crippen LogP contribution in [0, 0.1) is 11.8 Å². The first-order valence-electron chi connectivity index (χ1n) is 11.3. The molecule has 0 bridgehead atoms. The van der Waals surface area contributed by atoms with Gasteiger partial charge in [0.05, 0.1) is 25.0 Å². The third-order valence-electron chi connectivity index (χ3n) is 6.19. The Bertz CT molecular complexity index is 942. The van der Waals surface area contributed by atoms with Crippen LogP contribution in [0.4, 0.5) is 0 Å². The van der Waals surface area contributed by atoms with Crippen molar-refractivity contribution in [1.82, 2.24) is 19.9 Å². The highest BCUT2D eigenvalue weighted by Gasteiger charge is 2.33. The molecule has 2 aromatic rings. The smallest absolute Gasteiger partial charge is 0.309 e. The molecule has 0 aliphatic carbocycles. The van der Waals surface area contributed by atoms with Crippen molar-refractivity contribution in [2.75, 3.05) is 32.8 Å². The second-order valence-corrected chi connectivity index (χ2v) is 9.36. The number of benzene rings is 1. The molecule has 0 radical (unpaired) electrons. The quantitative estimate of drug-likeness (QED) is 0.556. The van der Waals surface area contributed by atoms with Crippen LogP contribution in [0.5, 0.6) is 0 Å². The van der Waals surface area contributed by atoms with E-state index in [9.17, 15) is 9.59 Å². The largest absolute Gasteiger partial charge is 0.466 e. The number of carbonyl (C=O) groups excluding carboxylic acids is 2. The summed E-state index contributed by atoms with van der Waals surface area (Å²) in [6.45, 7) is 5.60. The van der Waals surface area contributed by atoms with E-state index in [4.69, 9.17) is 9.26 Å². The highest BCUT2D eigenvalue weighted by atomic mass is 79.9. The minimum atomic E-state index is -0.134. The van der Waals surface area contributed by atoms with Crippen molar-refractivity contribution >= 4 is 27.8 Å². The number of nitrogens with zero attached hydrogens (tertiary/aromatic N) is 4. The molecular formula is C23H29BrN4O4. The number of hydrogen-bond donors (Lipinski definition) is 0. The number of likely N-dealkylation sites (tertiary alicyclic amines) is 2. The fraction of sp³-hybridized carbons (Fsp3) is 0.565. The lowest BCUT2D eigenvalue weighted by Crippen LogP contribution is -2.47. The van der Waals surface area contributed by atoms with Crippen LogP contribution in [0.25, 0.3) is 11.4 Å². The number of rotatable bonds is 6. The third-order valence-corrected chi connectivity index (χ3v) is 6.68. The summed E-state index contributed by atoms with van der Waals surface area (Å²) >= 11 is 3.46. The van der Waals surface area contributed by atoms with Gasteiger partial charge in [-0.05, 0) is 51.3 Å². The van der Waals surface area contributed by atoms with Gasteiger partial charge in [0.1, 0.15) is 0 Å². The number of carbonyl (C=O) groups is 2. The van der Waals surface area contributed by atoms with Gasteiger partial charge in [0.15, 0.2) is 0 Å². The maximum Gasteiger partial charge on any atom is 0.309 e. The zero-order valence-corrected chi connectivity index (χ0v) is 19.9. The highest BCUT2D eigenvalue weighted by Crippen LogP contribution is 2.25. The van der Waals surface area contributed by atoms with Gasteiger partial charge in [0.2, 0.25) is 17.6 Å². The molecule has 0 N–H and O–H groups in total. The summed E-state index contributed by atoms with van der Waals surface area (Å²) in [6, 6.07) is 7.79. The van der Waals surface area contributed by atoms with E-state index in [2.05, 4.69) is 31.0 Å². The van der Waals surface area contributed by atoms with E-state index in [1.54, 1.807) is 0 Å². The molecule has 2 aliphatic rings. The van der Waals surface area contributed by atoms with Crippen LogP contribution in [0.3, 0.4) is 0 Å². The van der Waals surface area contributed by atoms with Gasteiger partial charge in [0, 0.05) is 29.7 Å². The SMILES string of the molecule is CCOC(=O)C1CCN(C(=O)C2CCCN(Cc3nc(-c4cccc(Br)c4)no3)C2)CC1. The van der Waals surface area contributed by atoms with E-state index in [0.29, 0.717) is 57.3 Å². The van der Waals surface area contributed by atoms with Crippen molar-refractivity contribution in [3.8, 4) is 11.4 Å². The molecule has 0 saturated carbocycles. The molecule has 2 saturated heterocycles. The number of esters is 1. The number of amides is 1. The fourth-order valence-electron chi connectivity index (χ4n) is 4.51. The third kappa shape index (κ3) is 5.56. The Labute approximate surface area is 196 Å². The van der Waals surface area contributed by atoms with E-state index < -0.39 is 0 Å². The number of halogens is 1. The number of piperidine rings is 2. The first kappa shape index (κ1) is 22.9. The van der Waals surface area contributed by atoms with Crippen molar-refractivity contribution in [2.24, 2.45) is 11.8 Å². The van der Waals surface area contributed by atoms with Crippen molar-refractivity contribution in [2.45, 2.75) is 39.2 Å². The lowest BCUT2D eigenvalue weighted by Gasteiger charge is -2.37. The van der Waals surface area contributed by atoms with Gasteiger partial charge >= 0.3 is 5.97 Å². The predicted molar refractivity (Wildman–Crippen MR) is 121 cm³/mol. The van der Waals surface area contributed by atoms with E-state index >= 15 is 0 Å². The summed E-state index contributed by atoms with van der Waals surface area (Å²) in [5.74, 6) is 1.07. The average molecular weight is 505 g/mol. The summed E-state index contributed by atoms with van der Waals surface area (Å²) in [5, 5.41) is 4.11. The molecule has 1 aromatic carbocycles. The van der Waals surface area contributed by atoms with Crippen LogP contribution >= 0.6 is 15.9 Å². The fourth-order valence-corrected chi connectivity index (χ4v) is 4.91. The molecule has 1 amide bonds. The Hall–Kier alpha value is -2.26. The molecule has 9 heteroatoms. The van der Waals surface area contributed by atoms with Gasteiger partial charge in [-0.2, -0.15) is 4.98 Å². The number of ether oxygens (including phenoxy) is 1. The molecule has 8 nitrogen and oxygen atoms in total. The summed E-state index contributed by atoms with van der Waals surface area (Å²) in [5.41, 5.74) is 0.896. The van der Waals surface area contributed by atoms with Gasteiger partial charge in [-0.1, -0.05) is 33.2 Å². The zero-order chi connectivity index (χ0) is 22.5. The van der Waals surface area contributed by atoms with Crippen LogP contribution in [0.2, 0.25) is 0 Å². The van der Waals surface area contributed by atoms with Crippen LogP contribution < -0.4 is 0 Å². The Morgan fingerprint density at radius 1 is 1.19 bits per heavy atom. The summed E-state index contributed by atoms with van der Waals surface area (Å²) < 4.78 is 11.6. The Balaban J connectivity index is 1.30. The number of aromatic nitrogens is 2. The maximum atomic E-state index is 13.1. The highest BCUT2D eigenvalue weighted by molar-refractivity contribution is 9.10. The van der Waals surface area contributed by atoms with E-state index in [-0.39, 0.29) is 23.7 Å². The lowest BCUT2D eigenvalue weighted by molar-refractivity contribution is -0.152. The molecule has 172 valence electrons. The van der Waals surface area contributed by atoms with Crippen molar-refractivity contribution in [3.63, 3.8) is 0 Å². The normalized spacial score (nSPS) is 20.3. The summed E-state index contributed by atoms with van der Waals surface area (Å²) in [4.78, 5) is 33.7. The molecule has 2 fully saturated rings. The van der Waals surface area contributed by atoms with Gasteiger partial charge in [0.25, 0.3) is 0 Å². The molecule has 4 rings (SSSR count). The Morgan fingerprint density at radius 3 is 2.75 bits per heavy atom. The molecule has 1 aromatic heterocycles. The Kier molecular flexibility index (Phi) is 7.57. The standard InChI is InChI=1S/C23H29BrN4O4/c1-2-31-23(30)16-8-11-28(12-9-16)22(29)18-6-4-10-27(14-18)15-20-25-21(26-32-20)17-5-3-7-19(24)13-17/h3,5,7,13,16,18H,2,4,6,8-12,14-15H2,1H3. The topological polar surface area (TPSA) is 88.8 Å². The van der Waals surface area contributed by atoms with Crippen molar-refractivity contribution in [3.05, 3.63) is 34.6 Å². The van der Waals surface area contributed by atoms with E-state index in [0.717, 1.165) is 29.4 Å². The minimum Gasteiger partial charge on any atom is -0.466 e. The molecule has 0 spiro atoms. The summed E-state index contributed by atoms with van der Waals surface area (Å²) in [6.07, 6.45) is 3.21. The van der Waals surface area contributed by atoms with Crippen LogP contribution in [0.1, 0.15) is 38.5 Å². The van der Waals surface area contributed by atoms with Crippen molar-refractivity contribution < 1.29 is 18.8 Å². The second kappa shape index (κ2) is 10.6. The summed E-state index contributed by atoms with van der Waals surface area (Å²) in [7, 11) is 0. The Morgan fingerprint density at radius 2 is 2.00 bits per heavy atom. The van der Waals surface area contributed by atoms with E-state index in [1.165, 1.54) is 0 Å². The van der Waals surface area contributed by atoms with E-state index in [1.807, 2.05) is 36.1 Å². The first-order chi connectivity index (χ1) is 15.5. The van der Waals surface area contributed by atoms with Crippen molar-refractivity contribution in [1.29, 1.82) is 0 Å². The predicted octanol–water partition coefficient (Wildman–Crippen LogP) is 3.51. The molecule has 1 unspecified atom stereocenters. The van der Waals surface area contributed by atoms with Gasteiger partial charge in [-0.15, -0.1) is 0 Å². The monoisotopic (exact) mass is 504 g/mol.